The molecule has 1 aliphatic carbocycles. The average molecular weight is 270 g/mol. The zero-order valence-electron chi connectivity index (χ0n) is 12.5. The van der Waals surface area contributed by atoms with Crippen LogP contribution in [0.15, 0.2) is 67.5 Å². The fourth-order valence-corrected chi connectivity index (χ4v) is 2.82. The molecular formula is C19H26O. The maximum Gasteiger partial charge on any atom is 0.107 e. The Bertz CT molecular complexity index is 436. The molecule has 0 aromatic heterocycles. The number of aliphatic hydroxyl groups is 1. The largest absolute Gasteiger partial charge is 0.509 e. The molecule has 1 nitrogen and oxygen atoms in total. The molecule has 1 aromatic rings. The normalized spacial score (nSPS) is 17.1. The Labute approximate surface area is 123 Å². The van der Waals surface area contributed by atoms with Gasteiger partial charge < -0.3 is 5.11 Å². The van der Waals surface area contributed by atoms with E-state index in [1.165, 1.54) is 43.7 Å². The Kier molecular flexibility index (Phi) is 6.86. The zero-order chi connectivity index (χ0) is 14.8. The quantitative estimate of drug-likeness (QED) is 0.424. The fourth-order valence-electron chi connectivity index (χ4n) is 2.82. The van der Waals surface area contributed by atoms with Gasteiger partial charge in [0.2, 0.25) is 0 Å². The lowest BCUT2D eigenvalue weighted by Gasteiger charge is -2.35. The van der Waals surface area contributed by atoms with Gasteiger partial charge in [-0.3, -0.25) is 0 Å². The molecule has 0 heterocycles. The third kappa shape index (κ3) is 4.73. The molecule has 1 heteroatoms. The molecule has 1 N–H and O–H groups in total. The molecule has 1 aromatic carbocycles. The molecule has 2 rings (SSSR count). The molecule has 0 bridgehead atoms. The van der Waals surface area contributed by atoms with Gasteiger partial charge >= 0.3 is 0 Å². The number of allylic oxidation sites excluding steroid dienone is 3. The minimum absolute atomic E-state index is 0.0185. The lowest BCUT2D eigenvalue weighted by Crippen LogP contribution is -2.26. The van der Waals surface area contributed by atoms with Crippen LogP contribution in [-0.2, 0) is 5.41 Å². The van der Waals surface area contributed by atoms with Gasteiger partial charge in [-0.05, 0) is 31.4 Å². The van der Waals surface area contributed by atoms with E-state index in [4.69, 9.17) is 5.11 Å². The maximum absolute atomic E-state index is 8.05. The molecule has 1 saturated carbocycles. The van der Waals surface area contributed by atoms with E-state index < -0.39 is 0 Å². The van der Waals surface area contributed by atoms with Crippen molar-refractivity contribution in [2.75, 3.05) is 0 Å². The van der Waals surface area contributed by atoms with Gasteiger partial charge in [0.1, 0.15) is 5.76 Å². The standard InChI is InChI=1S/C15H20.C4H6O/c1-2-11-15(12-7-4-8-13-15)14-9-5-3-6-10-14;1-3-4(2)5/h2-3,5-6,9-11H,4,7-8,12-13H2,1H3;3,5H,1-2H2/b11-2+;. The lowest BCUT2D eigenvalue weighted by molar-refractivity contribution is 0.357. The minimum Gasteiger partial charge on any atom is -0.509 e. The zero-order valence-corrected chi connectivity index (χ0v) is 12.5. The van der Waals surface area contributed by atoms with Gasteiger partial charge in [-0.25, -0.2) is 0 Å². The summed E-state index contributed by atoms with van der Waals surface area (Å²) in [5.74, 6) is 0.0185. The molecule has 1 aliphatic rings. The van der Waals surface area contributed by atoms with Gasteiger partial charge in [-0.2, -0.15) is 0 Å². The number of rotatable bonds is 3. The van der Waals surface area contributed by atoms with Crippen LogP contribution in [0, 0.1) is 0 Å². The van der Waals surface area contributed by atoms with Crippen LogP contribution in [0.2, 0.25) is 0 Å². The maximum atomic E-state index is 8.05. The highest BCUT2D eigenvalue weighted by molar-refractivity contribution is 5.31. The van der Waals surface area contributed by atoms with Crippen LogP contribution in [0.25, 0.3) is 0 Å². The summed E-state index contributed by atoms with van der Waals surface area (Å²) in [5, 5.41) is 8.05. The lowest BCUT2D eigenvalue weighted by atomic mass is 9.69. The molecule has 0 radical (unpaired) electrons. The average Bonchev–Trinajstić information content (AvgIpc) is 2.50. The molecule has 20 heavy (non-hydrogen) atoms. The van der Waals surface area contributed by atoms with Crippen LogP contribution < -0.4 is 0 Å². The molecular weight excluding hydrogens is 244 g/mol. The first-order valence-corrected chi connectivity index (χ1v) is 7.34. The third-order valence-electron chi connectivity index (χ3n) is 3.82. The third-order valence-corrected chi connectivity index (χ3v) is 3.82. The fraction of sp³-hybridized carbons (Fsp3) is 0.368. The Morgan fingerprint density at radius 2 is 1.70 bits per heavy atom. The molecule has 108 valence electrons. The summed E-state index contributed by atoms with van der Waals surface area (Å²) in [5.41, 5.74) is 1.84. The van der Waals surface area contributed by atoms with Crippen LogP contribution in [0.3, 0.4) is 0 Å². The van der Waals surface area contributed by atoms with E-state index in [0.717, 1.165) is 0 Å². The highest BCUT2D eigenvalue weighted by atomic mass is 16.3. The van der Waals surface area contributed by atoms with Crippen molar-refractivity contribution in [3.8, 4) is 0 Å². The first kappa shape index (κ1) is 16.3. The van der Waals surface area contributed by atoms with Crippen LogP contribution in [0.1, 0.15) is 44.6 Å². The predicted octanol–water partition coefficient (Wildman–Crippen LogP) is 5.71. The second-order valence-corrected chi connectivity index (χ2v) is 5.28. The van der Waals surface area contributed by atoms with Gasteiger partial charge in [0.05, 0.1) is 0 Å². The van der Waals surface area contributed by atoms with Crippen LogP contribution in [0.4, 0.5) is 0 Å². The first-order valence-electron chi connectivity index (χ1n) is 7.34. The van der Waals surface area contributed by atoms with E-state index in [9.17, 15) is 0 Å². The number of hydrogen-bond donors (Lipinski definition) is 1. The van der Waals surface area contributed by atoms with E-state index in [1.807, 2.05) is 0 Å². The van der Waals surface area contributed by atoms with Crippen molar-refractivity contribution in [2.24, 2.45) is 0 Å². The van der Waals surface area contributed by atoms with Crippen molar-refractivity contribution >= 4 is 0 Å². The van der Waals surface area contributed by atoms with Crippen molar-refractivity contribution in [2.45, 2.75) is 44.4 Å². The second kappa shape index (κ2) is 8.42. The Morgan fingerprint density at radius 3 is 2.15 bits per heavy atom. The van der Waals surface area contributed by atoms with Crippen molar-refractivity contribution in [1.82, 2.24) is 0 Å². The van der Waals surface area contributed by atoms with Crippen molar-refractivity contribution in [3.63, 3.8) is 0 Å². The number of hydrogen-bond acceptors (Lipinski definition) is 1. The number of aliphatic hydroxyl groups excluding tert-OH is 1. The van der Waals surface area contributed by atoms with E-state index in [0.29, 0.717) is 5.41 Å². The molecule has 0 unspecified atom stereocenters. The second-order valence-electron chi connectivity index (χ2n) is 5.28. The van der Waals surface area contributed by atoms with Crippen LogP contribution in [-0.4, -0.2) is 5.11 Å². The topological polar surface area (TPSA) is 20.2 Å². The molecule has 0 saturated heterocycles. The summed E-state index contributed by atoms with van der Waals surface area (Å²) >= 11 is 0. The van der Waals surface area contributed by atoms with Crippen LogP contribution in [0.5, 0.6) is 0 Å². The van der Waals surface area contributed by atoms with Crippen LogP contribution >= 0.6 is 0 Å². The molecule has 0 atom stereocenters. The molecule has 0 aliphatic heterocycles. The summed E-state index contributed by atoms with van der Waals surface area (Å²) in [6.07, 6.45) is 12.7. The highest BCUT2D eigenvalue weighted by Crippen LogP contribution is 2.40. The van der Waals surface area contributed by atoms with Gasteiger partial charge in [0.25, 0.3) is 0 Å². The Morgan fingerprint density at radius 1 is 1.15 bits per heavy atom. The van der Waals surface area contributed by atoms with E-state index in [1.54, 1.807) is 0 Å². The summed E-state index contributed by atoms with van der Waals surface area (Å²) in [6.45, 7) is 8.46. The summed E-state index contributed by atoms with van der Waals surface area (Å²) in [4.78, 5) is 0. The molecule has 0 amide bonds. The first-order chi connectivity index (χ1) is 9.64. The van der Waals surface area contributed by atoms with E-state index in [2.05, 4.69) is 62.6 Å². The van der Waals surface area contributed by atoms with Crippen molar-refractivity contribution < 1.29 is 5.11 Å². The Balaban J connectivity index is 0.000000347. The minimum atomic E-state index is 0.0185. The highest BCUT2D eigenvalue weighted by Gasteiger charge is 2.30. The van der Waals surface area contributed by atoms with Gasteiger partial charge in [-0.15, -0.1) is 0 Å². The van der Waals surface area contributed by atoms with Gasteiger partial charge in [-0.1, -0.05) is 74.9 Å². The van der Waals surface area contributed by atoms with Crippen molar-refractivity contribution in [1.29, 1.82) is 0 Å². The van der Waals surface area contributed by atoms with Gasteiger partial charge in [0, 0.05) is 5.41 Å². The Hall–Kier alpha value is -1.76. The smallest absolute Gasteiger partial charge is 0.107 e. The monoisotopic (exact) mass is 270 g/mol. The summed E-state index contributed by atoms with van der Waals surface area (Å²) < 4.78 is 0. The summed E-state index contributed by atoms with van der Waals surface area (Å²) in [7, 11) is 0. The molecule has 0 spiro atoms. The SMILES string of the molecule is C/C=C/C1(c2ccccc2)CCCCC1.C=CC(=C)O. The summed E-state index contributed by atoms with van der Waals surface area (Å²) in [6, 6.07) is 11.0. The number of benzene rings is 1. The predicted molar refractivity (Wildman–Crippen MR) is 88.0 cm³/mol. The van der Waals surface area contributed by atoms with Gasteiger partial charge in [0.15, 0.2) is 0 Å². The molecule has 1 fully saturated rings. The van der Waals surface area contributed by atoms with Crippen molar-refractivity contribution in [3.05, 3.63) is 73.0 Å². The van der Waals surface area contributed by atoms with E-state index >= 15 is 0 Å². The van der Waals surface area contributed by atoms with E-state index in [-0.39, 0.29) is 5.76 Å².